The average molecular weight is 357 g/mol. The van der Waals surface area contributed by atoms with Crippen LogP contribution in [0.3, 0.4) is 0 Å². The summed E-state index contributed by atoms with van der Waals surface area (Å²) >= 11 is 0. The molecule has 6 nitrogen and oxygen atoms in total. The Bertz CT molecular complexity index is 728. The molecule has 3 N–H and O–H groups in total. The minimum Gasteiger partial charge on any atom is -0.493 e. The number of methoxy groups -OCH3 is 2. The zero-order chi connectivity index (χ0) is 18.9. The van der Waals surface area contributed by atoms with E-state index in [4.69, 9.17) is 19.9 Å². The predicted octanol–water partition coefficient (Wildman–Crippen LogP) is 3.67. The molecule has 0 aliphatic rings. The van der Waals surface area contributed by atoms with Crippen molar-refractivity contribution >= 4 is 11.6 Å². The first-order chi connectivity index (χ1) is 12.5. The summed E-state index contributed by atoms with van der Waals surface area (Å²) in [6.07, 6.45) is 0. The SMILES string of the molecule is COc1ccc(NC(N)=NCc2ccc(OCC(C)C)cc2)cc1OC. The second kappa shape index (κ2) is 9.56. The summed E-state index contributed by atoms with van der Waals surface area (Å²) in [7, 11) is 3.19. The van der Waals surface area contributed by atoms with E-state index in [0.29, 0.717) is 36.5 Å². The molecule has 0 bridgehead atoms. The first kappa shape index (κ1) is 19.4. The van der Waals surface area contributed by atoms with Gasteiger partial charge >= 0.3 is 0 Å². The van der Waals surface area contributed by atoms with Crippen molar-refractivity contribution in [2.75, 3.05) is 26.1 Å². The number of benzene rings is 2. The standard InChI is InChI=1S/C20H27N3O3/c1-14(2)13-26-17-8-5-15(6-9-17)12-22-20(21)23-16-7-10-18(24-3)19(11-16)25-4/h5-11,14H,12-13H2,1-4H3,(H3,21,22,23). The molecule has 0 aliphatic heterocycles. The Labute approximate surface area is 155 Å². The van der Waals surface area contributed by atoms with E-state index in [1.54, 1.807) is 14.2 Å². The number of guanidine groups is 1. The van der Waals surface area contributed by atoms with E-state index in [1.165, 1.54) is 0 Å². The van der Waals surface area contributed by atoms with Crippen LogP contribution in [0.1, 0.15) is 19.4 Å². The van der Waals surface area contributed by atoms with Crippen molar-refractivity contribution < 1.29 is 14.2 Å². The maximum Gasteiger partial charge on any atom is 0.193 e. The molecule has 0 amide bonds. The fourth-order valence-corrected chi connectivity index (χ4v) is 2.23. The van der Waals surface area contributed by atoms with Crippen molar-refractivity contribution in [1.82, 2.24) is 0 Å². The number of rotatable bonds is 8. The number of hydrogen-bond acceptors (Lipinski definition) is 4. The van der Waals surface area contributed by atoms with Gasteiger partial charge in [-0.25, -0.2) is 4.99 Å². The number of nitrogens with zero attached hydrogens (tertiary/aromatic N) is 1. The number of aliphatic imine (C=N–C) groups is 1. The van der Waals surface area contributed by atoms with Crippen molar-refractivity contribution in [3.8, 4) is 17.2 Å². The quantitative estimate of drug-likeness (QED) is 0.557. The molecule has 0 unspecified atom stereocenters. The molecular formula is C20H27N3O3. The third-order valence-electron chi connectivity index (χ3n) is 3.59. The van der Waals surface area contributed by atoms with Gasteiger partial charge in [0.1, 0.15) is 5.75 Å². The van der Waals surface area contributed by atoms with Crippen LogP contribution < -0.4 is 25.3 Å². The molecule has 2 aromatic carbocycles. The Kier molecular flexibility index (Phi) is 7.14. The molecule has 2 aromatic rings. The minimum atomic E-state index is 0.331. The zero-order valence-electron chi connectivity index (χ0n) is 15.8. The number of nitrogens with two attached hydrogens (primary N) is 1. The van der Waals surface area contributed by atoms with Crippen LogP contribution >= 0.6 is 0 Å². The van der Waals surface area contributed by atoms with E-state index in [2.05, 4.69) is 24.2 Å². The Morgan fingerprint density at radius 3 is 2.35 bits per heavy atom. The third-order valence-corrected chi connectivity index (χ3v) is 3.59. The van der Waals surface area contributed by atoms with Gasteiger partial charge in [-0.2, -0.15) is 0 Å². The molecular weight excluding hydrogens is 330 g/mol. The van der Waals surface area contributed by atoms with Gasteiger partial charge in [-0.05, 0) is 35.7 Å². The van der Waals surface area contributed by atoms with E-state index in [0.717, 1.165) is 17.0 Å². The van der Waals surface area contributed by atoms with Crippen LogP contribution in [0.25, 0.3) is 0 Å². The summed E-state index contributed by atoms with van der Waals surface area (Å²) in [6, 6.07) is 13.3. The van der Waals surface area contributed by atoms with Gasteiger partial charge in [-0.3, -0.25) is 0 Å². The molecule has 26 heavy (non-hydrogen) atoms. The molecule has 6 heteroatoms. The van der Waals surface area contributed by atoms with Gasteiger partial charge in [-0.1, -0.05) is 26.0 Å². The molecule has 0 fully saturated rings. The van der Waals surface area contributed by atoms with Crippen LogP contribution in [0.2, 0.25) is 0 Å². The topological polar surface area (TPSA) is 78.1 Å². The van der Waals surface area contributed by atoms with E-state index < -0.39 is 0 Å². The lowest BCUT2D eigenvalue weighted by molar-refractivity contribution is 0.271. The highest BCUT2D eigenvalue weighted by Crippen LogP contribution is 2.29. The largest absolute Gasteiger partial charge is 0.493 e. The minimum absolute atomic E-state index is 0.331. The average Bonchev–Trinajstić information content (AvgIpc) is 2.65. The van der Waals surface area contributed by atoms with Crippen LogP contribution in [-0.2, 0) is 6.54 Å². The number of hydrogen-bond donors (Lipinski definition) is 2. The smallest absolute Gasteiger partial charge is 0.193 e. The Hall–Kier alpha value is -2.89. The normalized spacial score (nSPS) is 11.3. The molecule has 0 radical (unpaired) electrons. The number of anilines is 1. The van der Waals surface area contributed by atoms with Crippen molar-refractivity contribution in [2.24, 2.45) is 16.6 Å². The molecule has 0 atom stereocenters. The highest BCUT2D eigenvalue weighted by atomic mass is 16.5. The van der Waals surface area contributed by atoms with E-state index in [-0.39, 0.29) is 0 Å². The van der Waals surface area contributed by atoms with Crippen molar-refractivity contribution in [3.05, 3.63) is 48.0 Å². The van der Waals surface area contributed by atoms with Crippen molar-refractivity contribution in [2.45, 2.75) is 20.4 Å². The molecule has 0 saturated carbocycles. The van der Waals surface area contributed by atoms with E-state index in [9.17, 15) is 0 Å². The number of nitrogens with one attached hydrogen (secondary N) is 1. The lowest BCUT2D eigenvalue weighted by atomic mass is 10.2. The molecule has 2 rings (SSSR count). The van der Waals surface area contributed by atoms with Gasteiger partial charge in [0, 0.05) is 11.8 Å². The predicted molar refractivity (Wildman–Crippen MR) is 105 cm³/mol. The van der Waals surface area contributed by atoms with Crippen LogP contribution in [-0.4, -0.2) is 26.8 Å². The Morgan fingerprint density at radius 1 is 1.04 bits per heavy atom. The van der Waals surface area contributed by atoms with Crippen molar-refractivity contribution in [1.29, 1.82) is 0 Å². The monoisotopic (exact) mass is 357 g/mol. The fraction of sp³-hybridized carbons (Fsp3) is 0.350. The van der Waals surface area contributed by atoms with Crippen molar-refractivity contribution in [3.63, 3.8) is 0 Å². The first-order valence-corrected chi connectivity index (χ1v) is 8.52. The lowest BCUT2D eigenvalue weighted by Gasteiger charge is -2.11. The van der Waals surface area contributed by atoms with Gasteiger partial charge in [0.05, 0.1) is 27.4 Å². The lowest BCUT2D eigenvalue weighted by Crippen LogP contribution is -2.22. The van der Waals surface area contributed by atoms with Gasteiger partial charge in [0.25, 0.3) is 0 Å². The molecule has 0 saturated heterocycles. The molecule has 0 spiro atoms. The Morgan fingerprint density at radius 2 is 1.73 bits per heavy atom. The molecule has 140 valence electrons. The summed E-state index contributed by atoms with van der Waals surface area (Å²) in [4.78, 5) is 4.36. The maximum atomic E-state index is 5.97. The Balaban J connectivity index is 1.93. The van der Waals surface area contributed by atoms with Crippen LogP contribution in [0.15, 0.2) is 47.5 Å². The summed E-state index contributed by atoms with van der Waals surface area (Å²) in [5, 5.41) is 3.05. The third kappa shape index (κ3) is 5.88. The highest BCUT2D eigenvalue weighted by Gasteiger charge is 2.05. The molecule has 0 aliphatic carbocycles. The summed E-state index contributed by atoms with van der Waals surface area (Å²) in [5.74, 6) is 2.98. The molecule has 0 heterocycles. The van der Waals surface area contributed by atoms with Gasteiger partial charge in [0.15, 0.2) is 17.5 Å². The molecule has 0 aromatic heterocycles. The van der Waals surface area contributed by atoms with E-state index in [1.807, 2.05) is 42.5 Å². The number of ether oxygens (including phenoxy) is 3. The maximum absolute atomic E-state index is 5.97. The second-order valence-corrected chi connectivity index (χ2v) is 6.25. The van der Waals surface area contributed by atoms with Gasteiger partial charge < -0.3 is 25.3 Å². The second-order valence-electron chi connectivity index (χ2n) is 6.25. The first-order valence-electron chi connectivity index (χ1n) is 8.52. The fourth-order valence-electron chi connectivity index (χ4n) is 2.23. The van der Waals surface area contributed by atoms with E-state index >= 15 is 0 Å². The van der Waals surface area contributed by atoms with Gasteiger partial charge in [-0.15, -0.1) is 0 Å². The zero-order valence-corrected chi connectivity index (χ0v) is 15.8. The summed E-state index contributed by atoms with van der Waals surface area (Å²) < 4.78 is 16.2. The summed E-state index contributed by atoms with van der Waals surface area (Å²) in [6.45, 7) is 5.44. The van der Waals surface area contributed by atoms with Crippen LogP contribution in [0, 0.1) is 5.92 Å². The highest BCUT2D eigenvalue weighted by molar-refractivity contribution is 5.92. The summed E-state index contributed by atoms with van der Waals surface area (Å²) in [5.41, 5.74) is 7.80. The van der Waals surface area contributed by atoms with Crippen LogP contribution in [0.5, 0.6) is 17.2 Å². The van der Waals surface area contributed by atoms with Crippen LogP contribution in [0.4, 0.5) is 5.69 Å². The van der Waals surface area contributed by atoms with Gasteiger partial charge in [0.2, 0.25) is 0 Å².